The number of methoxy groups -OCH3 is 2. The maximum atomic E-state index is 10.8. The maximum Gasteiger partial charge on any atom is 0.269 e. The Balaban J connectivity index is 2.11. The lowest BCUT2D eigenvalue weighted by Gasteiger charge is -2.11. The van der Waals surface area contributed by atoms with Crippen molar-refractivity contribution in [3.05, 3.63) is 63.7 Å². The molecule has 0 aliphatic heterocycles. The van der Waals surface area contributed by atoms with Crippen molar-refractivity contribution in [3.63, 3.8) is 0 Å². The first-order valence-electron chi connectivity index (χ1n) is 7.21. The molecule has 0 saturated heterocycles. The van der Waals surface area contributed by atoms with E-state index in [0.29, 0.717) is 22.6 Å². The van der Waals surface area contributed by atoms with Gasteiger partial charge in [-0.3, -0.25) is 10.1 Å². The van der Waals surface area contributed by atoms with E-state index in [4.69, 9.17) is 14.3 Å². The van der Waals surface area contributed by atoms with Gasteiger partial charge in [0.25, 0.3) is 5.69 Å². The number of nitrogens with zero attached hydrogens (tertiary/aromatic N) is 2. The predicted molar refractivity (Wildman–Crippen MR) is 89.7 cm³/mol. The summed E-state index contributed by atoms with van der Waals surface area (Å²) in [5.41, 5.74) is 1.38. The van der Waals surface area contributed by atoms with Crippen molar-refractivity contribution in [2.75, 3.05) is 14.2 Å². The first kappa shape index (κ1) is 17.3. The smallest absolute Gasteiger partial charge is 0.269 e. The summed E-state index contributed by atoms with van der Waals surface area (Å²) in [6, 6.07) is 11.7. The third kappa shape index (κ3) is 4.01. The Labute approximate surface area is 139 Å². The van der Waals surface area contributed by atoms with E-state index >= 15 is 0 Å². The van der Waals surface area contributed by atoms with E-state index in [1.165, 1.54) is 18.3 Å². The van der Waals surface area contributed by atoms with Crippen molar-refractivity contribution >= 4 is 11.9 Å². The van der Waals surface area contributed by atoms with Gasteiger partial charge >= 0.3 is 0 Å². The summed E-state index contributed by atoms with van der Waals surface area (Å²) in [6.07, 6.45) is 1.08. The number of rotatable bonds is 7. The van der Waals surface area contributed by atoms with Crippen LogP contribution in [0.5, 0.6) is 11.5 Å². The largest absolute Gasteiger partial charge is 0.493 e. The van der Waals surface area contributed by atoms with Crippen LogP contribution < -0.4 is 9.47 Å². The molecule has 0 saturated carbocycles. The van der Waals surface area contributed by atoms with Gasteiger partial charge in [-0.25, -0.2) is 0 Å². The summed E-state index contributed by atoms with van der Waals surface area (Å²) in [6.45, 7) is 1.76. The Morgan fingerprint density at radius 3 is 2.58 bits per heavy atom. The van der Waals surface area contributed by atoms with Gasteiger partial charge in [0, 0.05) is 23.3 Å². The van der Waals surface area contributed by atoms with Gasteiger partial charge in [-0.2, -0.15) is 0 Å². The number of nitro benzene ring substituents is 1. The molecule has 2 aromatic rings. The maximum absolute atomic E-state index is 10.8. The average molecular weight is 330 g/mol. The van der Waals surface area contributed by atoms with Gasteiger partial charge in [-0.05, 0) is 19.1 Å². The fourth-order valence-corrected chi connectivity index (χ4v) is 2.14. The van der Waals surface area contributed by atoms with E-state index in [-0.39, 0.29) is 5.69 Å². The number of nitro groups is 1. The first-order chi connectivity index (χ1) is 11.6. The lowest BCUT2D eigenvalue weighted by molar-refractivity contribution is -0.385. The summed E-state index contributed by atoms with van der Waals surface area (Å²) >= 11 is 0. The molecule has 0 amide bonds. The molecule has 24 heavy (non-hydrogen) atoms. The lowest BCUT2D eigenvalue weighted by atomic mass is 10.1. The van der Waals surface area contributed by atoms with Crippen LogP contribution in [-0.2, 0) is 4.84 Å². The number of oxime groups is 1. The fraction of sp³-hybridized carbons (Fsp3) is 0.235. The molecular weight excluding hydrogens is 312 g/mol. The summed E-state index contributed by atoms with van der Waals surface area (Å²) in [5.74, 6) is 1.14. The Morgan fingerprint density at radius 2 is 1.92 bits per heavy atom. The molecule has 2 aromatic carbocycles. The monoisotopic (exact) mass is 330 g/mol. The molecule has 0 aliphatic carbocycles. The topological polar surface area (TPSA) is 83.2 Å². The number of benzene rings is 2. The zero-order valence-corrected chi connectivity index (χ0v) is 13.6. The standard InChI is InChI=1S/C17H18N2O5/c1-12(13-6-4-8-15(10-13)19(20)21)24-18-11-14-7-5-9-16(22-2)17(14)23-3/h4-12H,1-3H3/b18-11-/t12-/m1/s1. The van der Waals surface area contributed by atoms with Crippen LogP contribution in [0.4, 0.5) is 5.69 Å². The third-order valence-electron chi connectivity index (χ3n) is 3.39. The minimum Gasteiger partial charge on any atom is -0.493 e. The zero-order chi connectivity index (χ0) is 17.5. The van der Waals surface area contributed by atoms with Gasteiger partial charge in [0.05, 0.1) is 25.4 Å². The van der Waals surface area contributed by atoms with Crippen LogP contribution in [0.2, 0.25) is 0 Å². The van der Waals surface area contributed by atoms with E-state index in [1.54, 1.807) is 39.3 Å². The van der Waals surface area contributed by atoms with Crippen molar-refractivity contribution in [2.24, 2.45) is 5.16 Å². The summed E-state index contributed by atoms with van der Waals surface area (Å²) in [4.78, 5) is 15.8. The molecule has 7 heteroatoms. The molecule has 0 unspecified atom stereocenters. The molecule has 0 aromatic heterocycles. The number of non-ortho nitro benzene ring substituents is 1. The van der Waals surface area contributed by atoms with Gasteiger partial charge in [0.1, 0.15) is 6.10 Å². The third-order valence-corrected chi connectivity index (χ3v) is 3.39. The van der Waals surface area contributed by atoms with Crippen LogP contribution in [0, 0.1) is 10.1 Å². The molecule has 1 atom stereocenters. The molecule has 0 aliphatic rings. The number of para-hydroxylation sites is 1. The second-order valence-electron chi connectivity index (χ2n) is 4.92. The minimum atomic E-state index is -0.444. The van der Waals surface area contributed by atoms with Gasteiger partial charge in [-0.15, -0.1) is 0 Å². The van der Waals surface area contributed by atoms with Crippen molar-refractivity contribution < 1.29 is 19.2 Å². The average Bonchev–Trinajstić information content (AvgIpc) is 2.61. The molecule has 2 rings (SSSR count). The van der Waals surface area contributed by atoms with Gasteiger partial charge in [0.2, 0.25) is 0 Å². The Kier molecular flexibility index (Phi) is 5.73. The quantitative estimate of drug-likeness (QED) is 0.439. The van der Waals surface area contributed by atoms with Crippen LogP contribution in [-0.4, -0.2) is 25.4 Å². The van der Waals surface area contributed by atoms with E-state index in [9.17, 15) is 10.1 Å². The molecule has 7 nitrogen and oxygen atoms in total. The van der Waals surface area contributed by atoms with Crippen molar-refractivity contribution in [1.29, 1.82) is 0 Å². The molecule has 0 spiro atoms. The van der Waals surface area contributed by atoms with Crippen molar-refractivity contribution in [2.45, 2.75) is 13.0 Å². The fourth-order valence-electron chi connectivity index (χ4n) is 2.14. The normalized spacial score (nSPS) is 12.0. The van der Waals surface area contributed by atoms with Crippen LogP contribution >= 0.6 is 0 Å². The predicted octanol–water partition coefficient (Wildman–Crippen LogP) is 3.72. The minimum absolute atomic E-state index is 0.0152. The van der Waals surface area contributed by atoms with E-state index < -0.39 is 11.0 Å². The summed E-state index contributed by atoms with van der Waals surface area (Å²) < 4.78 is 10.5. The molecule has 0 fully saturated rings. The number of hydrogen-bond acceptors (Lipinski definition) is 6. The number of ether oxygens (including phenoxy) is 2. The van der Waals surface area contributed by atoms with Crippen LogP contribution in [0.15, 0.2) is 47.6 Å². The SMILES string of the molecule is COc1cccc(/C=N\O[C@H](C)c2cccc([N+](=O)[O-])c2)c1OC. The molecule has 0 bridgehead atoms. The number of hydrogen-bond donors (Lipinski definition) is 0. The first-order valence-corrected chi connectivity index (χ1v) is 7.21. The highest BCUT2D eigenvalue weighted by Gasteiger charge is 2.12. The van der Waals surface area contributed by atoms with Crippen molar-refractivity contribution in [1.82, 2.24) is 0 Å². The summed E-state index contributed by atoms with van der Waals surface area (Å²) in [5, 5.41) is 14.8. The Hall–Kier alpha value is -3.09. The second-order valence-corrected chi connectivity index (χ2v) is 4.92. The van der Waals surface area contributed by atoms with Crippen LogP contribution in [0.25, 0.3) is 0 Å². The van der Waals surface area contributed by atoms with Crippen LogP contribution in [0.1, 0.15) is 24.2 Å². The molecule has 126 valence electrons. The molecule has 0 radical (unpaired) electrons. The zero-order valence-electron chi connectivity index (χ0n) is 13.6. The highest BCUT2D eigenvalue weighted by atomic mass is 16.6. The Bertz CT molecular complexity index is 746. The van der Waals surface area contributed by atoms with Crippen LogP contribution in [0.3, 0.4) is 0 Å². The van der Waals surface area contributed by atoms with Gasteiger partial charge < -0.3 is 14.3 Å². The van der Waals surface area contributed by atoms with Gasteiger partial charge in [0.15, 0.2) is 11.5 Å². The Morgan fingerprint density at radius 1 is 1.17 bits per heavy atom. The highest BCUT2D eigenvalue weighted by molar-refractivity contribution is 5.84. The second kappa shape index (κ2) is 7.96. The van der Waals surface area contributed by atoms with E-state index in [1.807, 2.05) is 12.1 Å². The lowest BCUT2D eigenvalue weighted by Crippen LogP contribution is -1.99. The highest BCUT2D eigenvalue weighted by Crippen LogP contribution is 2.29. The van der Waals surface area contributed by atoms with E-state index in [0.717, 1.165) is 0 Å². The molecular formula is C17H18N2O5. The summed E-state index contributed by atoms with van der Waals surface area (Å²) in [7, 11) is 3.10. The van der Waals surface area contributed by atoms with E-state index in [2.05, 4.69) is 5.16 Å². The molecule has 0 N–H and O–H groups in total. The van der Waals surface area contributed by atoms with Gasteiger partial charge in [-0.1, -0.05) is 23.4 Å². The molecule has 0 heterocycles. The van der Waals surface area contributed by atoms with Crippen molar-refractivity contribution in [3.8, 4) is 11.5 Å².